The number of hydrogen-bond acceptors (Lipinski definition) is 5. The number of ketones is 1. The highest BCUT2D eigenvalue weighted by Gasteiger charge is 2.30. The van der Waals surface area contributed by atoms with Gasteiger partial charge in [0.05, 0.1) is 4.90 Å². The van der Waals surface area contributed by atoms with Crippen LogP contribution in [0.25, 0.3) is 11.4 Å². The molecule has 8 heteroatoms. The number of imidazole rings is 1. The lowest BCUT2D eigenvalue weighted by Gasteiger charge is -2.06. The number of ether oxygens (including phenoxy) is 1. The second kappa shape index (κ2) is 10.2. The molecule has 0 unspecified atom stereocenters. The Morgan fingerprint density at radius 3 is 2.08 bits per heavy atom. The first-order valence-corrected chi connectivity index (χ1v) is 12.9. The number of nitrogens with one attached hydrogen (secondary N) is 1. The van der Waals surface area contributed by atoms with E-state index in [1.807, 2.05) is 30.3 Å². The van der Waals surface area contributed by atoms with Crippen molar-refractivity contribution in [1.29, 1.82) is 0 Å². The van der Waals surface area contributed by atoms with Gasteiger partial charge in [-0.05, 0) is 66.2 Å². The number of carbonyl (C=O) groups is 1. The molecule has 5 aromatic rings. The Kier molecular flexibility index (Phi) is 6.66. The van der Waals surface area contributed by atoms with E-state index in [-0.39, 0.29) is 27.0 Å². The van der Waals surface area contributed by atoms with Crippen LogP contribution >= 0.6 is 0 Å². The Labute approximate surface area is 213 Å². The molecule has 1 heterocycles. The SMILES string of the molecule is O=C(c1ccc(F)cc1)c1nc(-c2ccc(OCc3ccccc3)cc2)[nH]c1S(=O)(=O)c1ccccc1. The van der Waals surface area contributed by atoms with Crippen molar-refractivity contribution in [3.8, 4) is 17.1 Å². The van der Waals surface area contributed by atoms with Crippen molar-refractivity contribution in [2.75, 3.05) is 0 Å². The molecule has 0 fully saturated rings. The first-order valence-electron chi connectivity index (χ1n) is 11.4. The Hall–Kier alpha value is -4.56. The number of benzene rings is 4. The highest BCUT2D eigenvalue weighted by atomic mass is 32.2. The topological polar surface area (TPSA) is 89.1 Å². The summed E-state index contributed by atoms with van der Waals surface area (Å²) in [6.45, 7) is 0.400. The molecule has 0 saturated heterocycles. The number of halogens is 1. The van der Waals surface area contributed by atoms with E-state index < -0.39 is 21.4 Å². The molecule has 0 aliphatic carbocycles. The Balaban J connectivity index is 1.50. The molecule has 5 rings (SSSR count). The molecule has 184 valence electrons. The fourth-order valence-corrected chi connectivity index (χ4v) is 5.12. The van der Waals surface area contributed by atoms with Crippen molar-refractivity contribution < 1.29 is 22.3 Å². The third kappa shape index (κ3) is 5.19. The van der Waals surface area contributed by atoms with E-state index in [1.54, 1.807) is 42.5 Å². The molecule has 0 aliphatic rings. The van der Waals surface area contributed by atoms with Crippen LogP contribution in [0.15, 0.2) is 119 Å². The molecule has 0 saturated carbocycles. The molecular formula is C29H21FN2O4S. The zero-order chi connectivity index (χ0) is 25.8. The third-order valence-corrected chi connectivity index (χ3v) is 7.42. The van der Waals surface area contributed by atoms with Crippen LogP contribution in [0.5, 0.6) is 5.75 Å². The van der Waals surface area contributed by atoms with Crippen molar-refractivity contribution in [2.45, 2.75) is 16.5 Å². The summed E-state index contributed by atoms with van der Waals surface area (Å²) in [6.07, 6.45) is 0. The number of aromatic nitrogens is 2. The predicted molar refractivity (Wildman–Crippen MR) is 137 cm³/mol. The van der Waals surface area contributed by atoms with Crippen LogP contribution in [-0.4, -0.2) is 24.2 Å². The summed E-state index contributed by atoms with van der Waals surface area (Å²) < 4.78 is 46.2. The summed E-state index contributed by atoms with van der Waals surface area (Å²) in [5, 5.41) is -0.326. The van der Waals surface area contributed by atoms with Gasteiger partial charge in [-0.1, -0.05) is 48.5 Å². The fourth-order valence-electron chi connectivity index (χ4n) is 3.75. The normalized spacial score (nSPS) is 11.3. The zero-order valence-electron chi connectivity index (χ0n) is 19.5. The van der Waals surface area contributed by atoms with Gasteiger partial charge in [-0.25, -0.2) is 17.8 Å². The van der Waals surface area contributed by atoms with Crippen LogP contribution in [0.3, 0.4) is 0 Å². The van der Waals surface area contributed by atoms with Gasteiger partial charge in [0.25, 0.3) is 0 Å². The van der Waals surface area contributed by atoms with Crippen molar-refractivity contribution in [3.63, 3.8) is 0 Å². The number of sulfone groups is 1. The van der Waals surface area contributed by atoms with Crippen LogP contribution in [0, 0.1) is 5.82 Å². The second-order valence-corrected chi connectivity index (χ2v) is 10.1. The molecule has 0 spiro atoms. The van der Waals surface area contributed by atoms with E-state index in [9.17, 15) is 17.6 Å². The Morgan fingerprint density at radius 2 is 1.43 bits per heavy atom. The number of H-pyrrole nitrogens is 1. The average molecular weight is 513 g/mol. The van der Waals surface area contributed by atoms with Gasteiger partial charge in [-0.2, -0.15) is 0 Å². The van der Waals surface area contributed by atoms with Crippen molar-refractivity contribution in [2.24, 2.45) is 0 Å². The van der Waals surface area contributed by atoms with Gasteiger partial charge in [-0.3, -0.25) is 4.79 Å². The van der Waals surface area contributed by atoms with E-state index in [2.05, 4.69) is 9.97 Å². The fraction of sp³-hybridized carbons (Fsp3) is 0.0345. The molecule has 0 atom stereocenters. The zero-order valence-corrected chi connectivity index (χ0v) is 20.3. The van der Waals surface area contributed by atoms with Crippen LogP contribution in [0.2, 0.25) is 0 Å². The molecule has 0 aliphatic heterocycles. The number of nitrogens with zero attached hydrogens (tertiary/aromatic N) is 1. The minimum absolute atomic E-state index is 0.0167. The third-order valence-electron chi connectivity index (χ3n) is 5.69. The second-order valence-electron chi connectivity index (χ2n) is 8.21. The minimum Gasteiger partial charge on any atom is -0.489 e. The highest BCUT2D eigenvalue weighted by Crippen LogP contribution is 2.29. The highest BCUT2D eigenvalue weighted by molar-refractivity contribution is 7.91. The van der Waals surface area contributed by atoms with Crippen LogP contribution in [-0.2, 0) is 16.4 Å². The quantitative estimate of drug-likeness (QED) is 0.263. The van der Waals surface area contributed by atoms with Crippen molar-refractivity contribution >= 4 is 15.6 Å². The maximum absolute atomic E-state index is 13.5. The number of rotatable bonds is 8. The lowest BCUT2D eigenvalue weighted by atomic mass is 10.1. The van der Waals surface area contributed by atoms with E-state index >= 15 is 0 Å². The van der Waals surface area contributed by atoms with E-state index in [0.29, 0.717) is 17.9 Å². The number of hydrogen-bond donors (Lipinski definition) is 1. The molecule has 0 radical (unpaired) electrons. The number of aromatic amines is 1. The van der Waals surface area contributed by atoms with Crippen LogP contribution in [0.4, 0.5) is 4.39 Å². The van der Waals surface area contributed by atoms with Gasteiger partial charge in [0.2, 0.25) is 15.6 Å². The van der Waals surface area contributed by atoms with Crippen LogP contribution < -0.4 is 4.74 Å². The van der Waals surface area contributed by atoms with Gasteiger partial charge in [0, 0.05) is 11.1 Å². The van der Waals surface area contributed by atoms with Gasteiger partial charge >= 0.3 is 0 Å². The molecule has 1 aromatic heterocycles. The predicted octanol–water partition coefficient (Wildman–Crippen LogP) is 5.86. The van der Waals surface area contributed by atoms with Gasteiger partial charge in [0.1, 0.15) is 29.7 Å². The molecule has 0 bridgehead atoms. The first kappa shape index (κ1) is 24.1. The lowest BCUT2D eigenvalue weighted by Crippen LogP contribution is -2.11. The molecular weight excluding hydrogens is 491 g/mol. The summed E-state index contributed by atoms with van der Waals surface area (Å²) in [4.78, 5) is 20.5. The average Bonchev–Trinajstić information content (AvgIpc) is 3.40. The lowest BCUT2D eigenvalue weighted by molar-refractivity contribution is 0.103. The maximum atomic E-state index is 13.5. The largest absolute Gasteiger partial charge is 0.489 e. The summed E-state index contributed by atoms with van der Waals surface area (Å²) in [5.74, 6) is -0.320. The minimum atomic E-state index is -4.10. The van der Waals surface area contributed by atoms with Crippen LogP contribution in [0.1, 0.15) is 21.6 Å². The maximum Gasteiger partial charge on any atom is 0.224 e. The Bertz CT molecular complexity index is 1630. The standard InChI is InChI=1S/C29H21FN2O4S/c30-23-15-11-21(12-16-23)27(33)26-29(37(34,35)25-9-5-2-6-10-25)32-28(31-26)22-13-17-24(18-14-22)36-19-20-7-3-1-4-8-20/h1-18H,19H2,(H,31,32). The monoisotopic (exact) mass is 512 g/mol. The Morgan fingerprint density at radius 1 is 0.811 bits per heavy atom. The van der Waals surface area contributed by atoms with E-state index in [0.717, 1.165) is 17.7 Å². The summed E-state index contributed by atoms with van der Waals surface area (Å²) in [7, 11) is -4.10. The van der Waals surface area contributed by atoms with Crippen molar-refractivity contribution in [3.05, 3.63) is 132 Å². The summed E-state index contributed by atoms with van der Waals surface area (Å²) in [6, 6.07) is 29.3. The summed E-state index contributed by atoms with van der Waals surface area (Å²) in [5.41, 5.74) is 1.44. The van der Waals surface area contributed by atoms with Gasteiger partial charge in [-0.15, -0.1) is 0 Å². The molecule has 6 nitrogen and oxygen atoms in total. The molecule has 0 amide bonds. The number of carbonyl (C=O) groups excluding carboxylic acids is 1. The van der Waals surface area contributed by atoms with Gasteiger partial charge < -0.3 is 9.72 Å². The summed E-state index contributed by atoms with van der Waals surface area (Å²) >= 11 is 0. The first-order chi connectivity index (χ1) is 17.9. The van der Waals surface area contributed by atoms with E-state index in [1.165, 1.54) is 24.3 Å². The molecule has 4 aromatic carbocycles. The van der Waals surface area contributed by atoms with Gasteiger partial charge in [0.15, 0.2) is 5.03 Å². The van der Waals surface area contributed by atoms with E-state index in [4.69, 9.17) is 4.74 Å². The smallest absolute Gasteiger partial charge is 0.224 e. The molecule has 37 heavy (non-hydrogen) atoms. The van der Waals surface area contributed by atoms with Crippen molar-refractivity contribution in [1.82, 2.24) is 9.97 Å². The molecule has 1 N–H and O–H groups in total.